The van der Waals surface area contributed by atoms with E-state index in [4.69, 9.17) is 17.0 Å². The maximum atomic E-state index is 12.3. The highest BCUT2D eigenvalue weighted by atomic mass is 32.2. The lowest BCUT2D eigenvalue weighted by Gasteiger charge is -2.11. The summed E-state index contributed by atoms with van der Waals surface area (Å²) >= 11 is 5.75. The number of halogens is 2. The summed E-state index contributed by atoms with van der Waals surface area (Å²) in [5, 5.41) is 6.65. The van der Waals surface area contributed by atoms with Gasteiger partial charge < -0.3 is 15.4 Å². The fourth-order valence-electron chi connectivity index (χ4n) is 2.01. The predicted molar refractivity (Wildman–Crippen MR) is 99.2 cm³/mol. The zero-order valence-corrected chi connectivity index (χ0v) is 14.7. The quantitative estimate of drug-likeness (QED) is 0.554. The number of thioether (sulfide) groups is 1. The van der Waals surface area contributed by atoms with Gasteiger partial charge in [-0.15, -0.1) is 0 Å². The van der Waals surface area contributed by atoms with E-state index in [0.717, 1.165) is 17.9 Å². The molecule has 0 fully saturated rings. The Morgan fingerprint density at radius 2 is 1.79 bits per heavy atom. The summed E-state index contributed by atoms with van der Waals surface area (Å²) in [6.07, 6.45) is 0.829. The zero-order chi connectivity index (χ0) is 17.4. The van der Waals surface area contributed by atoms with Gasteiger partial charge in [-0.1, -0.05) is 23.9 Å². The van der Waals surface area contributed by atoms with E-state index in [2.05, 4.69) is 10.6 Å². The van der Waals surface area contributed by atoms with E-state index < -0.39 is 5.76 Å². The van der Waals surface area contributed by atoms with Crippen LogP contribution in [-0.4, -0.2) is 24.5 Å². The van der Waals surface area contributed by atoms with E-state index in [9.17, 15) is 8.78 Å². The first-order chi connectivity index (χ1) is 11.6. The molecule has 2 N–H and O–H groups in total. The van der Waals surface area contributed by atoms with Gasteiger partial charge in [0.25, 0.3) is 5.76 Å². The Kier molecular flexibility index (Phi) is 7.27. The maximum Gasteiger partial charge on any atom is 0.288 e. The second kappa shape index (κ2) is 9.44. The van der Waals surface area contributed by atoms with Crippen LogP contribution in [0.5, 0.6) is 5.75 Å². The van der Waals surface area contributed by atoms with Crippen molar-refractivity contribution in [3.05, 3.63) is 54.1 Å². The fourth-order valence-corrected chi connectivity index (χ4v) is 2.73. The minimum Gasteiger partial charge on any atom is -0.497 e. The molecule has 0 unspecified atom stereocenters. The number of benzene rings is 2. The molecule has 24 heavy (non-hydrogen) atoms. The molecule has 7 heteroatoms. The summed E-state index contributed by atoms with van der Waals surface area (Å²) in [4.78, 5) is 0.522. The largest absolute Gasteiger partial charge is 0.497 e. The highest BCUT2D eigenvalue weighted by Crippen LogP contribution is 2.26. The van der Waals surface area contributed by atoms with E-state index in [-0.39, 0.29) is 0 Å². The molecule has 0 amide bonds. The van der Waals surface area contributed by atoms with Crippen LogP contribution in [-0.2, 0) is 6.42 Å². The number of rotatable bonds is 7. The van der Waals surface area contributed by atoms with E-state index in [0.29, 0.717) is 28.3 Å². The third-order valence-electron chi connectivity index (χ3n) is 3.20. The van der Waals surface area contributed by atoms with Gasteiger partial charge >= 0.3 is 0 Å². The third-order valence-corrected chi connectivity index (χ3v) is 4.16. The van der Waals surface area contributed by atoms with Crippen molar-refractivity contribution in [2.45, 2.75) is 17.1 Å². The van der Waals surface area contributed by atoms with E-state index in [1.54, 1.807) is 31.4 Å². The van der Waals surface area contributed by atoms with Crippen LogP contribution in [0.3, 0.4) is 0 Å². The van der Waals surface area contributed by atoms with Crippen LogP contribution in [0.25, 0.3) is 0 Å². The first kappa shape index (κ1) is 18.5. The van der Waals surface area contributed by atoms with Crippen LogP contribution in [0.4, 0.5) is 14.5 Å². The number of hydrogen-bond donors (Lipinski definition) is 2. The Balaban J connectivity index is 1.74. The molecule has 0 saturated carbocycles. The van der Waals surface area contributed by atoms with Gasteiger partial charge in [0, 0.05) is 17.1 Å². The molecular formula is C17H18F2N2OS2. The van der Waals surface area contributed by atoms with Crippen LogP contribution >= 0.6 is 24.0 Å². The molecule has 128 valence electrons. The van der Waals surface area contributed by atoms with Crippen LogP contribution in [0, 0.1) is 0 Å². The summed E-state index contributed by atoms with van der Waals surface area (Å²) < 4.78 is 29.6. The van der Waals surface area contributed by atoms with Crippen molar-refractivity contribution < 1.29 is 13.5 Å². The van der Waals surface area contributed by atoms with Gasteiger partial charge in [-0.05, 0) is 60.6 Å². The maximum absolute atomic E-state index is 12.3. The summed E-state index contributed by atoms with van der Waals surface area (Å²) in [6.45, 7) is 0.692. The van der Waals surface area contributed by atoms with Crippen molar-refractivity contribution in [3.8, 4) is 5.75 Å². The summed E-state index contributed by atoms with van der Waals surface area (Å²) in [5.41, 5.74) is 1.94. The lowest BCUT2D eigenvalue weighted by atomic mass is 10.1. The van der Waals surface area contributed by atoms with Gasteiger partial charge in [0.05, 0.1) is 7.11 Å². The smallest absolute Gasteiger partial charge is 0.288 e. The number of methoxy groups -OCH3 is 1. The number of nitrogens with one attached hydrogen (secondary N) is 2. The molecule has 2 aromatic carbocycles. The Hall–Kier alpha value is -1.86. The highest BCUT2D eigenvalue weighted by molar-refractivity contribution is 7.99. The summed E-state index contributed by atoms with van der Waals surface area (Å²) in [7, 11) is 1.64. The van der Waals surface area contributed by atoms with Crippen LogP contribution in [0.15, 0.2) is 53.4 Å². The van der Waals surface area contributed by atoms with Gasteiger partial charge in [-0.25, -0.2) is 0 Å². The monoisotopic (exact) mass is 368 g/mol. The van der Waals surface area contributed by atoms with Crippen LogP contribution in [0.1, 0.15) is 5.56 Å². The SMILES string of the molecule is COc1ccc(CCNC(=S)Nc2ccc(SC(F)F)cc2)cc1. The molecule has 0 radical (unpaired) electrons. The summed E-state index contributed by atoms with van der Waals surface area (Å²) in [5.74, 6) is -1.58. The number of hydrogen-bond acceptors (Lipinski definition) is 3. The number of anilines is 1. The molecule has 0 bridgehead atoms. The van der Waals surface area contributed by atoms with Gasteiger partial charge in [-0.3, -0.25) is 0 Å². The van der Waals surface area contributed by atoms with Crippen molar-refractivity contribution in [3.63, 3.8) is 0 Å². The van der Waals surface area contributed by atoms with E-state index in [1.807, 2.05) is 24.3 Å². The Labute approximate surface area is 149 Å². The van der Waals surface area contributed by atoms with Gasteiger partial charge in [-0.2, -0.15) is 8.78 Å². The molecule has 2 aromatic rings. The number of thiocarbonyl (C=S) groups is 1. The second-order valence-electron chi connectivity index (χ2n) is 4.88. The van der Waals surface area contributed by atoms with Gasteiger partial charge in [0.15, 0.2) is 5.11 Å². The Bertz CT molecular complexity index is 649. The van der Waals surface area contributed by atoms with E-state index >= 15 is 0 Å². The standard InChI is InChI=1S/C17H18F2N2OS2/c1-22-14-6-2-12(3-7-14)10-11-20-17(23)21-13-4-8-15(9-5-13)24-16(18)19/h2-9,16H,10-11H2,1H3,(H2,20,21,23). The normalized spacial score (nSPS) is 10.5. The lowest BCUT2D eigenvalue weighted by Crippen LogP contribution is -2.30. The van der Waals surface area contributed by atoms with Crippen molar-refractivity contribution in [1.82, 2.24) is 5.32 Å². The molecule has 0 aliphatic rings. The van der Waals surface area contributed by atoms with Gasteiger partial charge in [0.1, 0.15) is 5.75 Å². The minimum atomic E-state index is -2.41. The first-order valence-corrected chi connectivity index (χ1v) is 8.58. The predicted octanol–water partition coefficient (Wildman–Crippen LogP) is 4.54. The Morgan fingerprint density at radius 3 is 2.38 bits per heavy atom. The molecule has 0 aliphatic heterocycles. The minimum absolute atomic E-state index is 0.498. The van der Waals surface area contributed by atoms with Crippen molar-refractivity contribution in [1.29, 1.82) is 0 Å². The average Bonchev–Trinajstić information content (AvgIpc) is 2.57. The van der Waals surface area contributed by atoms with Crippen molar-refractivity contribution in [2.75, 3.05) is 19.0 Å². The molecule has 2 rings (SSSR count). The molecule has 0 aromatic heterocycles. The molecule has 0 aliphatic carbocycles. The van der Waals surface area contributed by atoms with Gasteiger partial charge in [0.2, 0.25) is 0 Å². The first-order valence-electron chi connectivity index (χ1n) is 7.29. The van der Waals surface area contributed by atoms with Crippen LogP contribution < -0.4 is 15.4 Å². The second-order valence-corrected chi connectivity index (χ2v) is 6.35. The zero-order valence-electron chi connectivity index (χ0n) is 13.1. The van der Waals surface area contributed by atoms with Crippen LogP contribution in [0.2, 0.25) is 0 Å². The molecule has 0 saturated heterocycles. The molecule has 0 atom stereocenters. The lowest BCUT2D eigenvalue weighted by molar-refractivity contribution is 0.252. The fraction of sp³-hybridized carbons (Fsp3) is 0.235. The molecule has 0 heterocycles. The third kappa shape index (κ3) is 6.33. The highest BCUT2D eigenvalue weighted by Gasteiger charge is 2.05. The molecule has 3 nitrogen and oxygen atoms in total. The topological polar surface area (TPSA) is 33.3 Å². The van der Waals surface area contributed by atoms with Crippen molar-refractivity contribution in [2.24, 2.45) is 0 Å². The molecular weight excluding hydrogens is 350 g/mol. The summed E-state index contributed by atoms with van der Waals surface area (Å²) in [6, 6.07) is 14.6. The number of alkyl halides is 2. The van der Waals surface area contributed by atoms with E-state index in [1.165, 1.54) is 5.56 Å². The average molecular weight is 368 g/mol. The number of ether oxygens (including phenoxy) is 1. The molecule has 0 spiro atoms. The van der Waals surface area contributed by atoms with Crippen molar-refractivity contribution >= 4 is 34.8 Å². The Morgan fingerprint density at radius 1 is 1.12 bits per heavy atom.